The molecule has 16 heavy (non-hydrogen) atoms. The third-order valence-corrected chi connectivity index (χ3v) is 2.97. The maximum Gasteiger partial charge on any atom is 0.221 e. The van der Waals surface area contributed by atoms with Crippen molar-refractivity contribution in [2.75, 3.05) is 0 Å². The van der Waals surface area contributed by atoms with Crippen LogP contribution in [0.15, 0.2) is 18.2 Å². The lowest BCUT2D eigenvalue weighted by atomic mass is 10.0. The molecule has 0 aliphatic rings. The summed E-state index contributed by atoms with van der Waals surface area (Å²) < 4.78 is 0. The van der Waals surface area contributed by atoms with Crippen LogP contribution in [0.5, 0.6) is 0 Å². The maximum atomic E-state index is 11.0. The summed E-state index contributed by atoms with van der Waals surface area (Å²) in [5.41, 5.74) is 9.74. The lowest BCUT2D eigenvalue weighted by Gasteiger charge is -2.00. The zero-order chi connectivity index (χ0) is 11.7. The first-order valence-corrected chi connectivity index (χ1v) is 5.50. The predicted molar refractivity (Wildman–Crippen MR) is 65.3 cm³/mol. The average Bonchev–Trinajstić information content (AvgIpc) is 2.55. The molecule has 0 saturated carbocycles. The first-order chi connectivity index (χ1) is 7.63. The smallest absolute Gasteiger partial charge is 0.221 e. The molecule has 0 bridgehead atoms. The second-order valence-electron chi connectivity index (χ2n) is 4.06. The van der Waals surface area contributed by atoms with Crippen LogP contribution in [-0.4, -0.2) is 10.9 Å². The van der Waals surface area contributed by atoms with Gasteiger partial charge in [0.2, 0.25) is 5.91 Å². The number of aryl methyl sites for hydroxylation is 2. The summed E-state index contributed by atoms with van der Waals surface area (Å²) in [6.45, 7) is 4.11. The molecule has 2 rings (SSSR count). The van der Waals surface area contributed by atoms with Gasteiger partial charge in [0.25, 0.3) is 0 Å². The normalized spacial score (nSPS) is 10.9. The van der Waals surface area contributed by atoms with Crippen molar-refractivity contribution in [1.82, 2.24) is 4.98 Å². The number of amides is 1. The Balaban J connectivity index is 2.66. The molecule has 0 fully saturated rings. The molecule has 3 heteroatoms. The first-order valence-electron chi connectivity index (χ1n) is 5.50. The Morgan fingerprint density at radius 1 is 1.44 bits per heavy atom. The molecule has 1 aromatic carbocycles. The molecular weight excluding hydrogens is 200 g/mol. The monoisotopic (exact) mass is 216 g/mol. The molecule has 0 radical (unpaired) electrons. The molecule has 1 amide bonds. The van der Waals surface area contributed by atoms with Crippen molar-refractivity contribution in [1.29, 1.82) is 0 Å². The number of primary amides is 1. The standard InChI is InChI=1S/C13H16N2O/c1-3-9-5-4-6-10-11(7-12(14)16)8(2)15-13(9)10/h4-6,15H,3,7H2,1-2H3,(H2,14,16). The topological polar surface area (TPSA) is 58.9 Å². The molecule has 0 spiro atoms. The van der Waals surface area contributed by atoms with Gasteiger partial charge in [-0.05, 0) is 24.5 Å². The number of H-pyrrole nitrogens is 1. The molecule has 3 N–H and O–H groups in total. The molecule has 84 valence electrons. The number of carbonyl (C=O) groups excluding carboxylic acids is 1. The minimum atomic E-state index is -0.286. The number of aromatic nitrogens is 1. The molecule has 0 aliphatic heterocycles. The van der Waals surface area contributed by atoms with Crippen molar-refractivity contribution in [2.24, 2.45) is 5.73 Å². The second-order valence-corrected chi connectivity index (χ2v) is 4.06. The fourth-order valence-electron chi connectivity index (χ4n) is 2.16. The van der Waals surface area contributed by atoms with E-state index >= 15 is 0 Å². The number of benzene rings is 1. The summed E-state index contributed by atoms with van der Waals surface area (Å²) in [5.74, 6) is -0.286. The van der Waals surface area contributed by atoms with Crippen LogP contribution in [0.3, 0.4) is 0 Å². The van der Waals surface area contributed by atoms with Crippen LogP contribution >= 0.6 is 0 Å². The van der Waals surface area contributed by atoms with Crippen LogP contribution in [0.2, 0.25) is 0 Å². The van der Waals surface area contributed by atoms with Crippen LogP contribution in [0, 0.1) is 6.92 Å². The molecule has 1 aromatic heterocycles. The number of nitrogens with one attached hydrogen (secondary N) is 1. The molecule has 0 aliphatic carbocycles. The summed E-state index contributed by atoms with van der Waals surface area (Å²) >= 11 is 0. The van der Waals surface area contributed by atoms with E-state index in [1.807, 2.05) is 19.1 Å². The fraction of sp³-hybridized carbons (Fsp3) is 0.308. The van der Waals surface area contributed by atoms with E-state index in [0.717, 1.165) is 28.6 Å². The van der Waals surface area contributed by atoms with Crippen molar-refractivity contribution in [2.45, 2.75) is 26.7 Å². The second kappa shape index (κ2) is 4.00. The van der Waals surface area contributed by atoms with Gasteiger partial charge in [-0.25, -0.2) is 0 Å². The van der Waals surface area contributed by atoms with Gasteiger partial charge < -0.3 is 10.7 Å². The van der Waals surface area contributed by atoms with Crippen LogP contribution in [-0.2, 0) is 17.6 Å². The summed E-state index contributed by atoms with van der Waals surface area (Å²) in [4.78, 5) is 14.4. The van der Waals surface area contributed by atoms with Crippen molar-refractivity contribution < 1.29 is 4.79 Å². The van der Waals surface area contributed by atoms with E-state index in [1.165, 1.54) is 5.56 Å². The molecule has 0 saturated heterocycles. The quantitative estimate of drug-likeness (QED) is 0.810. The van der Waals surface area contributed by atoms with Gasteiger partial charge in [-0.2, -0.15) is 0 Å². The van der Waals surface area contributed by atoms with E-state index in [9.17, 15) is 4.79 Å². The van der Waals surface area contributed by atoms with Gasteiger partial charge in [0.15, 0.2) is 0 Å². The SMILES string of the molecule is CCc1cccc2c(CC(N)=O)c(C)[nH]c12. The van der Waals surface area contributed by atoms with Gasteiger partial charge in [0, 0.05) is 16.6 Å². The van der Waals surface area contributed by atoms with E-state index in [1.54, 1.807) is 0 Å². The molecule has 0 atom stereocenters. The Morgan fingerprint density at radius 2 is 2.19 bits per heavy atom. The Hall–Kier alpha value is -1.77. The average molecular weight is 216 g/mol. The number of rotatable bonds is 3. The molecule has 3 nitrogen and oxygen atoms in total. The highest BCUT2D eigenvalue weighted by molar-refractivity contribution is 5.91. The van der Waals surface area contributed by atoms with Crippen LogP contribution in [0.1, 0.15) is 23.7 Å². The number of para-hydroxylation sites is 1. The summed E-state index contributed by atoms with van der Waals surface area (Å²) in [7, 11) is 0. The van der Waals surface area contributed by atoms with Crippen LogP contribution in [0.25, 0.3) is 10.9 Å². The van der Waals surface area contributed by atoms with Gasteiger partial charge in [0.1, 0.15) is 0 Å². The van der Waals surface area contributed by atoms with E-state index in [0.29, 0.717) is 6.42 Å². The number of nitrogens with two attached hydrogens (primary N) is 1. The van der Waals surface area contributed by atoms with Gasteiger partial charge in [-0.3, -0.25) is 4.79 Å². The van der Waals surface area contributed by atoms with Gasteiger partial charge in [0.05, 0.1) is 6.42 Å². The van der Waals surface area contributed by atoms with E-state index in [-0.39, 0.29) is 5.91 Å². The fourth-order valence-corrected chi connectivity index (χ4v) is 2.16. The van der Waals surface area contributed by atoms with Gasteiger partial charge in [-0.15, -0.1) is 0 Å². The van der Waals surface area contributed by atoms with Crippen LogP contribution < -0.4 is 5.73 Å². The summed E-state index contributed by atoms with van der Waals surface area (Å²) in [5, 5.41) is 1.12. The molecule has 1 heterocycles. The Bertz CT molecular complexity index is 540. The van der Waals surface area contributed by atoms with Gasteiger partial charge >= 0.3 is 0 Å². The Morgan fingerprint density at radius 3 is 2.81 bits per heavy atom. The van der Waals surface area contributed by atoms with Crippen molar-refractivity contribution in [3.05, 3.63) is 35.0 Å². The number of hydrogen-bond donors (Lipinski definition) is 2. The number of fused-ring (bicyclic) bond motifs is 1. The van der Waals surface area contributed by atoms with Crippen molar-refractivity contribution in [3.8, 4) is 0 Å². The zero-order valence-corrected chi connectivity index (χ0v) is 9.63. The third-order valence-electron chi connectivity index (χ3n) is 2.97. The molecule has 2 aromatic rings. The first kappa shape index (κ1) is 10.7. The zero-order valence-electron chi connectivity index (χ0n) is 9.63. The van der Waals surface area contributed by atoms with Crippen molar-refractivity contribution in [3.63, 3.8) is 0 Å². The number of carbonyl (C=O) groups is 1. The van der Waals surface area contributed by atoms with E-state index in [2.05, 4.69) is 18.0 Å². The number of hydrogen-bond acceptors (Lipinski definition) is 1. The predicted octanol–water partition coefficient (Wildman–Crippen LogP) is 2.07. The number of aromatic amines is 1. The highest BCUT2D eigenvalue weighted by Gasteiger charge is 2.12. The van der Waals surface area contributed by atoms with Crippen LogP contribution in [0.4, 0.5) is 0 Å². The third kappa shape index (κ3) is 1.69. The molecular formula is C13H16N2O. The highest BCUT2D eigenvalue weighted by atomic mass is 16.1. The Labute approximate surface area is 94.6 Å². The lowest BCUT2D eigenvalue weighted by molar-refractivity contribution is -0.117. The largest absolute Gasteiger partial charge is 0.369 e. The Kier molecular flexibility index (Phi) is 2.69. The van der Waals surface area contributed by atoms with E-state index in [4.69, 9.17) is 5.73 Å². The van der Waals surface area contributed by atoms with E-state index < -0.39 is 0 Å². The highest BCUT2D eigenvalue weighted by Crippen LogP contribution is 2.25. The minimum Gasteiger partial charge on any atom is -0.369 e. The summed E-state index contributed by atoms with van der Waals surface area (Å²) in [6.07, 6.45) is 1.28. The summed E-state index contributed by atoms with van der Waals surface area (Å²) in [6, 6.07) is 6.17. The maximum absolute atomic E-state index is 11.0. The molecule has 0 unspecified atom stereocenters. The van der Waals surface area contributed by atoms with Gasteiger partial charge in [-0.1, -0.05) is 25.1 Å². The minimum absolute atomic E-state index is 0.286. The van der Waals surface area contributed by atoms with Crippen molar-refractivity contribution >= 4 is 16.8 Å². The lowest BCUT2D eigenvalue weighted by Crippen LogP contribution is -2.13.